The summed E-state index contributed by atoms with van der Waals surface area (Å²) >= 11 is 0. The first-order chi connectivity index (χ1) is 11.6. The van der Waals surface area contributed by atoms with Crippen LogP contribution in [0.2, 0.25) is 0 Å². The van der Waals surface area contributed by atoms with Crippen molar-refractivity contribution in [2.45, 2.75) is 19.4 Å². The van der Waals surface area contributed by atoms with Crippen LogP contribution in [0.1, 0.15) is 12.0 Å². The average Bonchev–Trinajstić information content (AvgIpc) is 2.60. The molecule has 0 aliphatic carbocycles. The molecule has 0 bridgehead atoms. The molecule has 0 radical (unpaired) electrons. The highest BCUT2D eigenvalue weighted by molar-refractivity contribution is 5.87. The van der Waals surface area contributed by atoms with E-state index in [1.54, 1.807) is 14.2 Å². The lowest BCUT2D eigenvalue weighted by Crippen LogP contribution is -2.45. The normalized spacial score (nSPS) is 21.1. The Kier molecular flexibility index (Phi) is 4.78. The number of hydrogen-bond acceptors (Lipinski definition) is 6. The van der Waals surface area contributed by atoms with Crippen molar-refractivity contribution in [1.29, 1.82) is 0 Å². The second-order valence-electron chi connectivity index (χ2n) is 6.27. The van der Waals surface area contributed by atoms with Crippen LogP contribution in [0.15, 0.2) is 18.2 Å². The number of rotatable bonds is 4. The van der Waals surface area contributed by atoms with Gasteiger partial charge in [-0.05, 0) is 31.0 Å². The van der Waals surface area contributed by atoms with Gasteiger partial charge < -0.3 is 24.6 Å². The molecule has 0 spiro atoms. The molecule has 1 aliphatic rings. The lowest BCUT2D eigenvalue weighted by molar-refractivity contribution is 0.0546. The van der Waals surface area contributed by atoms with E-state index in [9.17, 15) is 10.2 Å². The minimum Gasteiger partial charge on any atom is -0.493 e. The quantitative estimate of drug-likeness (QED) is 0.888. The summed E-state index contributed by atoms with van der Waals surface area (Å²) < 4.78 is 10.7. The summed E-state index contributed by atoms with van der Waals surface area (Å²) in [7, 11) is 3.23. The molecule has 1 saturated heterocycles. The molecule has 130 valence electrons. The maximum Gasteiger partial charge on any atom is 0.162 e. The highest BCUT2D eigenvalue weighted by Gasteiger charge is 2.28. The van der Waals surface area contributed by atoms with E-state index in [0.29, 0.717) is 18.0 Å². The van der Waals surface area contributed by atoms with Crippen molar-refractivity contribution in [3.63, 3.8) is 0 Å². The third kappa shape index (κ3) is 2.99. The van der Waals surface area contributed by atoms with Crippen molar-refractivity contribution >= 4 is 16.7 Å². The van der Waals surface area contributed by atoms with E-state index in [0.717, 1.165) is 35.2 Å². The summed E-state index contributed by atoms with van der Waals surface area (Å²) in [6.45, 7) is 3.32. The second-order valence-corrected chi connectivity index (χ2v) is 6.27. The van der Waals surface area contributed by atoms with Gasteiger partial charge in [0.2, 0.25) is 0 Å². The minimum absolute atomic E-state index is 0.0240. The van der Waals surface area contributed by atoms with Crippen LogP contribution in [-0.4, -0.2) is 55.2 Å². The molecular weight excluding hydrogens is 308 g/mol. The monoisotopic (exact) mass is 332 g/mol. The molecule has 1 fully saturated rings. The zero-order valence-electron chi connectivity index (χ0n) is 14.3. The number of β-amino-alcohol motifs (C(OH)–C–C–N with tert-alkyl or cyclic N) is 1. The predicted molar refractivity (Wildman–Crippen MR) is 93.0 cm³/mol. The smallest absolute Gasteiger partial charge is 0.162 e. The van der Waals surface area contributed by atoms with Gasteiger partial charge in [-0.3, -0.25) is 0 Å². The van der Waals surface area contributed by atoms with Gasteiger partial charge >= 0.3 is 0 Å². The van der Waals surface area contributed by atoms with Gasteiger partial charge in [-0.25, -0.2) is 4.98 Å². The molecule has 2 aromatic rings. The van der Waals surface area contributed by atoms with Gasteiger partial charge in [0, 0.05) is 37.1 Å². The van der Waals surface area contributed by atoms with Crippen LogP contribution < -0.4 is 14.4 Å². The Bertz CT molecular complexity index is 735. The number of aromatic nitrogens is 1. The Morgan fingerprint density at radius 2 is 1.92 bits per heavy atom. The zero-order valence-corrected chi connectivity index (χ0v) is 14.3. The largest absolute Gasteiger partial charge is 0.493 e. The Balaban J connectivity index is 1.98. The van der Waals surface area contributed by atoms with Crippen molar-refractivity contribution in [1.82, 2.24) is 4.98 Å². The number of nitrogens with zero attached hydrogens (tertiary/aromatic N) is 2. The van der Waals surface area contributed by atoms with Crippen LogP contribution in [0.4, 0.5) is 5.82 Å². The van der Waals surface area contributed by atoms with Crippen LogP contribution >= 0.6 is 0 Å². The van der Waals surface area contributed by atoms with Gasteiger partial charge in [-0.1, -0.05) is 0 Å². The topological polar surface area (TPSA) is 75.1 Å². The Hall–Kier alpha value is -2.05. The van der Waals surface area contributed by atoms with Crippen molar-refractivity contribution in [2.75, 3.05) is 38.8 Å². The molecule has 1 aromatic heterocycles. The number of piperidine rings is 1. The molecule has 6 nitrogen and oxygen atoms in total. The molecule has 0 saturated carbocycles. The summed E-state index contributed by atoms with van der Waals surface area (Å²) in [5, 5.41) is 20.5. The van der Waals surface area contributed by atoms with E-state index in [-0.39, 0.29) is 12.5 Å². The third-order valence-corrected chi connectivity index (χ3v) is 4.79. The van der Waals surface area contributed by atoms with Crippen molar-refractivity contribution in [3.8, 4) is 11.5 Å². The third-order valence-electron chi connectivity index (χ3n) is 4.79. The number of hydrogen-bond donors (Lipinski definition) is 2. The van der Waals surface area contributed by atoms with Gasteiger partial charge in [0.15, 0.2) is 11.5 Å². The van der Waals surface area contributed by atoms with Gasteiger partial charge in [0.05, 0.1) is 25.8 Å². The fraction of sp³-hybridized carbons (Fsp3) is 0.500. The molecule has 1 aliphatic heterocycles. The first kappa shape index (κ1) is 16.8. The van der Waals surface area contributed by atoms with E-state index in [4.69, 9.17) is 14.5 Å². The number of aryl methyl sites for hydroxylation is 1. The van der Waals surface area contributed by atoms with Gasteiger partial charge in [-0.2, -0.15) is 0 Å². The maximum absolute atomic E-state index is 10.2. The lowest BCUT2D eigenvalue weighted by Gasteiger charge is -2.36. The van der Waals surface area contributed by atoms with Crippen LogP contribution in [0.3, 0.4) is 0 Å². The van der Waals surface area contributed by atoms with E-state index >= 15 is 0 Å². The van der Waals surface area contributed by atoms with Crippen LogP contribution in [-0.2, 0) is 0 Å². The number of ether oxygens (including phenoxy) is 2. The molecule has 1 aromatic carbocycles. The minimum atomic E-state index is -0.535. The van der Waals surface area contributed by atoms with E-state index in [2.05, 4.69) is 4.90 Å². The fourth-order valence-electron chi connectivity index (χ4n) is 3.27. The Labute approximate surface area is 141 Å². The number of methoxy groups -OCH3 is 2. The summed E-state index contributed by atoms with van der Waals surface area (Å²) in [5.41, 5.74) is 1.93. The predicted octanol–water partition coefficient (Wildman–Crippen LogP) is 1.74. The highest BCUT2D eigenvalue weighted by Crippen LogP contribution is 2.34. The van der Waals surface area contributed by atoms with E-state index < -0.39 is 6.10 Å². The van der Waals surface area contributed by atoms with Crippen LogP contribution in [0.25, 0.3) is 10.9 Å². The van der Waals surface area contributed by atoms with Crippen molar-refractivity contribution in [3.05, 3.63) is 23.8 Å². The van der Waals surface area contributed by atoms with Gasteiger partial charge in [-0.15, -0.1) is 0 Å². The molecular formula is C18H24N2O4. The summed E-state index contributed by atoms with van der Waals surface area (Å²) in [4.78, 5) is 6.82. The van der Waals surface area contributed by atoms with Crippen molar-refractivity contribution < 1.29 is 19.7 Å². The first-order valence-electron chi connectivity index (χ1n) is 8.14. The number of benzene rings is 1. The molecule has 6 heteroatoms. The number of pyridine rings is 1. The molecule has 2 atom stereocenters. The molecule has 2 heterocycles. The summed E-state index contributed by atoms with van der Waals surface area (Å²) in [6, 6.07) is 5.84. The SMILES string of the molecule is COc1cc2nc(N3CC[C@H](CO)[C@@H](O)C3)cc(C)c2cc1OC. The van der Waals surface area contributed by atoms with E-state index in [1.807, 2.05) is 25.1 Å². The van der Waals surface area contributed by atoms with E-state index in [1.165, 1.54) is 0 Å². The second kappa shape index (κ2) is 6.83. The summed E-state index contributed by atoms with van der Waals surface area (Å²) in [5.74, 6) is 2.12. The Morgan fingerprint density at radius 3 is 2.54 bits per heavy atom. The van der Waals surface area contributed by atoms with Gasteiger partial charge in [0.25, 0.3) is 0 Å². The lowest BCUT2D eigenvalue weighted by atomic mass is 9.94. The van der Waals surface area contributed by atoms with Crippen molar-refractivity contribution in [2.24, 2.45) is 5.92 Å². The number of aliphatic hydroxyl groups is 2. The van der Waals surface area contributed by atoms with Gasteiger partial charge in [0.1, 0.15) is 5.82 Å². The highest BCUT2D eigenvalue weighted by atomic mass is 16.5. The Morgan fingerprint density at radius 1 is 1.21 bits per heavy atom. The first-order valence-corrected chi connectivity index (χ1v) is 8.14. The van der Waals surface area contributed by atoms with Crippen LogP contribution in [0.5, 0.6) is 11.5 Å². The number of aliphatic hydroxyl groups excluding tert-OH is 2. The standard InChI is InChI=1S/C18H24N2O4/c1-11-6-18(20-5-4-12(10-21)15(22)9-20)19-14-8-17(24-3)16(23-2)7-13(11)14/h6-8,12,15,21-22H,4-5,9-10H2,1-3H3/t12-,15+/m1/s1. The summed E-state index contributed by atoms with van der Waals surface area (Å²) in [6.07, 6.45) is 0.217. The number of fused-ring (bicyclic) bond motifs is 1. The molecule has 24 heavy (non-hydrogen) atoms. The molecule has 0 amide bonds. The van der Waals surface area contributed by atoms with Crippen LogP contribution in [0, 0.1) is 12.8 Å². The fourth-order valence-corrected chi connectivity index (χ4v) is 3.27. The molecule has 0 unspecified atom stereocenters. The average molecular weight is 332 g/mol. The zero-order chi connectivity index (χ0) is 17.3. The molecule has 3 rings (SSSR count). The maximum atomic E-state index is 10.2. The number of anilines is 1. The molecule has 2 N–H and O–H groups in total.